The zero-order valence-electron chi connectivity index (χ0n) is 15.3. The average molecular weight is 394 g/mol. The molecule has 0 aliphatic rings. The molecule has 0 saturated carbocycles. The summed E-state index contributed by atoms with van der Waals surface area (Å²) in [6, 6.07) is 15.9. The number of rotatable bonds is 4. The van der Waals surface area contributed by atoms with Gasteiger partial charge in [0, 0.05) is 11.8 Å². The van der Waals surface area contributed by atoms with Crippen molar-refractivity contribution in [3.05, 3.63) is 76.8 Å². The van der Waals surface area contributed by atoms with E-state index in [1.807, 2.05) is 37.3 Å². The van der Waals surface area contributed by atoms with Crippen LogP contribution in [0.3, 0.4) is 0 Å². The zero-order chi connectivity index (χ0) is 19.9. The summed E-state index contributed by atoms with van der Waals surface area (Å²) in [4.78, 5) is 24.5. The van der Waals surface area contributed by atoms with Gasteiger partial charge in [-0.15, -0.1) is 0 Å². The molecule has 0 aliphatic carbocycles. The van der Waals surface area contributed by atoms with Gasteiger partial charge in [-0.25, -0.2) is 23.2 Å². The van der Waals surface area contributed by atoms with Crippen molar-refractivity contribution in [2.45, 2.75) is 17.9 Å². The molecule has 0 spiro atoms. The lowest BCUT2D eigenvalue weighted by Crippen LogP contribution is -2.21. The maximum absolute atomic E-state index is 12.5. The van der Waals surface area contributed by atoms with Crippen LogP contribution < -0.4 is 5.69 Å². The number of aromatic amines is 1. The van der Waals surface area contributed by atoms with Gasteiger partial charge in [-0.2, -0.15) is 0 Å². The molecule has 2 aromatic carbocycles. The third-order valence-electron chi connectivity index (χ3n) is 4.67. The van der Waals surface area contributed by atoms with Crippen LogP contribution in [0.2, 0.25) is 0 Å². The number of fused-ring (bicyclic) bond motifs is 1. The molecule has 0 aliphatic heterocycles. The summed E-state index contributed by atoms with van der Waals surface area (Å²) < 4.78 is 24.8. The number of H-pyrrole nitrogens is 1. The van der Waals surface area contributed by atoms with E-state index in [1.165, 1.54) is 12.1 Å². The first kappa shape index (κ1) is 18.1. The molecular weight excluding hydrogens is 376 g/mol. The van der Waals surface area contributed by atoms with Crippen LogP contribution in [0.5, 0.6) is 0 Å². The second-order valence-corrected chi connectivity index (χ2v) is 8.63. The molecule has 0 bridgehead atoms. The van der Waals surface area contributed by atoms with Gasteiger partial charge in [0.25, 0.3) is 0 Å². The van der Waals surface area contributed by atoms with Crippen molar-refractivity contribution in [1.29, 1.82) is 0 Å². The Morgan fingerprint density at radius 2 is 1.71 bits per heavy atom. The number of nitrogens with zero attached hydrogens (tertiary/aromatic N) is 3. The van der Waals surface area contributed by atoms with Gasteiger partial charge in [-0.3, -0.25) is 9.55 Å². The summed E-state index contributed by atoms with van der Waals surface area (Å²) in [5, 5.41) is 0. The largest absolute Gasteiger partial charge is 0.329 e. The molecule has 28 heavy (non-hydrogen) atoms. The van der Waals surface area contributed by atoms with E-state index >= 15 is 0 Å². The minimum Gasteiger partial charge on any atom is -0.289 e. The normalized spacial score (nSPS) is 12.9. The van der Waals surface area contributed by atoms with E-state index in [-0.39, 0.29) is 16.6 Å². The molecule has 1 atom stereocenters. The Labute approximate surface area is 161 Å². The highest BCUT2D eigenvalue weighted by Crippen LogP contribution is 2.23. The molecule has 7 nitrogen and oxygen atoms in total. The standard InChI is InChI=1S/C20H18N4O3S/c1-13(14-6-4-3-5-7-14)24-19-18(23-20(24)25)22-17(12-21-19)15-8-10-16(11-9-15)28(2,26)27/h3-13H,1-2H3,(H,22,23,25)/t13-/m0/s1. The first-order valence-electron chi connectivity index (χ1n) is 8.67. The average Bonchev–Trinajstić information content (AvgIpc) is 3.02. The summed E-state index contributed by atoms with van der Waals surface area (Å²) >= 11 is 0. The summed E-state index contributed by atoms with van der Waals surface area (Å²) in [5.74, 6) is 0. The van der Waals surface area contributed by atoms with Crippen LogP contribution in [0.25, 0.3) is 22.6 Å². The van der Waals surface area contributed by atoms with Crippen LogP contribution in [-0.4, -0.2) is 34.2 Å². The molecule has 2 aromatic heterocycles. The molecular formula is C20H18N4O3S. The topological polar surface area (TPSA) is 97.7 Å². The van der Waals surface area contributed by atoms with Crippen LogP contribution in [0.4, 0.5) is 0 Å². The molecule has 8 heteroatoms. The monoisotopic (exact) mass is 394 g/mol. The fourth-order valence-corrected chi connectivity index (χ4v) is 3.78. The van der Waals surface area contributed by atoms with Crippen molar-refractivity contribution in [3.63, 3.8) is 0 Å². The fraction of sp³-hybridized carbons (Fsp3) is 0.150. The van der Waals surface area contributed by atoms with Gasteiger partial charge < -0.3 is 0 Å². The number of sulfone groups is 1. The summed E-state index contributed by atoms with van der Waals surface area (Å²) in [5.41, 5.74) is 2.83. The van der Waals surface area contributed by atoms with Crippen LogP contribution in [0.15, 0.2) is 70.5 Å². The molecule has 0 unspecified atom stereocenters. The molecule has 0 amide bonds. The van der Waals surface area contributed by atoms with Gasteiger partial charge in [-0.05, 0) is 24.6 Å². The quantitative estimate of drug-likeness (QED) is 0.574. The van der Waals surface area contributed by atoms with Crippen LogP contribution >= 0.6 is 0 Å². The Kier molecular flexibility index (Phi) is 4.35. The highest BCUT2D eigenvalue weighted by Gasteiger charge is 2.17. The van der Waals surface area contributed by atoms with Crippen molar-refractivity contribution in [1.82, 2.24) is 19.5 Å². The molecule has 0 fully saturated rings. The number of aromatic nitrogens is 4. The lowest BCUT2D eigenvalue weighted by atomic mass is 10.1. The van der Waals surface area contributed by atoms with Crippen LogP contribution in [-0.2, 0) is 9.84 Å². The minimum atomic E-state index is -3.26. The molecule has 4 aromatic rings. The smallest absolute Gasteiger partial charge is 0.289 e. The van der Waals surface area contributed by atoms with E-state index in [0.29, 0.717) is 22.6 Å². The Balaban J connectivity index is 1.76. The van der Waals surface area contributed by atoms with Crippen molar-refractivity contribution >= 4 is 21.1 Å². The second-order valence-electron chi connectivity index (χ2n) is 6.61. The van der Waals surface area contributed by atoms with Gasteiger partial charge in [0.15, 0.2) is 21.1 Å². The third-order valence-corrected chi connectivity index (χ3v) is 5.80. The fourth-order valence-electron chi connectivity index (χ4n) is 3.15. The number of nitrogens with one attached hydrogen (secondary N) is 1. The van der Waals surface area contributed by atoms with Crippen molar-refractivity contribution in [2.75, 3.05) is 6.26 Å². The van der Waals surface area contributed by atoms with E-state index in [0.717, 1.165) is 11.8 Å². The van der Waals surface area contributed by atoms with Gasteiger partial charge in [0.2, 0.25) is 0 Å². The predicted molar refractivity (Wildman–Crippen MR) is 107 cm³/mol. The Hall–Kier alpha value is -3.26. The molecule has 2 heterocycles. The van der Waals surface area contributed by atoms with Crippen LogP contribution in [0.1, 0.15) is 18.5 Å². The highest BCUT2D eigenvalue weighted by atomic mass is 32.2. The molecule has 142 valence electrons. The lowest BCUT2D eigenvalue weighted by molar-refractivity contribution is 0.602. The van der Waals surface area contributed by atoms with E-state index < -0.39 is 9.84 Å². The summed E-state index contributed by atoms with van der Waals surface area (Å²) in [7, 11) is -3.26. The molecule has 4 rings (SSSR count). The van der Waals surface area contributed by atoms with Gasteiger partial charge in [0.1, 0.15) is 0 Å². The van der Waals surface area contributed by atoms with Gasteiger partial charge >= 0.3 is 5.69 Å². The first-order chi connectivity index (χ1) is 13.3. The number of hydrogen-bond acceptors (Lipinski definition) is 5. The highest BCUT2D eigenvalue weighted by molar-refractivity contribution is 7.90. The zero-order valence-corrected chi connectivity index (χ0v) is 16.1. The third kappa shape index (κ3) is 3.22. The Morgan fingerprint density at radius 1 is 1.04 bits per heavy atom. The SMILES string of the molecule is C[C@@H](c1ccccc1)n1c(=O)[nH]c2nc(-c3ccc(S(C)(=O)=O)cc3)cnc21. The number of benzene rings is 2. The predicted octanol–water partition coefficient (Wildman–Crippen LogP) is 2.80. The summed E-state index contributed by atoms with van der Waals surface area (Å²) in [6.45, 7) is 1.93. The van der Waals surface area contributed by atoms with E-state index in [9.17, 15) is 13.2 Å². The Bertz CT molecular complexity index is 1310. The first-order valence-corrected chi connectivity index (χ1v) is 10.6. The maximum Gasteiger partial charge on any atom is 0.329 e. The van der Waals surface area contributed by atoms with Crippen LogP contribution in [0, 0.1) is 0 Å². The second kappa shape index (κ2) is 6.72. The lowest BCUT2D eigenvalue weighted by Gasteiger charge is -2.13. The van der Waals surface area contributed by atoms with Crippen molar-refractivity contribution < 1.29 is 8.42 Å². The van der Waals surface area contributed by atoms with Gasteiger partial charge in [-0.1, -0.05) is 42.5 Å². The van der Waals surface area contributed by atoms with Crippen molar-refractivity contribution in [2.24, 2.45) is 0 Å². The number of imidazole rings is 1. The maximum atomic E-state index is 12.5. The summed E-state index contributed by atoms with van der Waals surface area (Å²) in [6.07, 6.45) is 2.74. The molecule has 0 saturated heterocycles. The van der Waals surface area contributed by atoms with Crippen molar-refractivity contribution in [3.8, 4) is 11.3 Å². The van der Waals surface area contributed by atoms with Gasteiger partial charge in [0.05, 0.1) is 22.8 Å². The molecule has 0 radical (unpaired) electrons. The number of hydrogen-bond donors (Lipinski definition) is 1. The minimum absolute atomic E-state index is 0.198. The van der Waals surface area contributed by atoms with E-state index in [2.05, 4.69) is 15.0 Å². The van der Waals surface area contributed by atoms with E-state index in [4.69, 9.17) is 0 Å². The van der Waals surface area contributed by atoms with E-state index in [1.54, 1.807) is 22.9 Å². The molecule has 1 N–H and O–H groups in total. The Morgan fingerprint density at radius 3 is 2.36 bits per heavy atom.